The van der Waals surface area contributed by atoms with Gasteiger partial charge in [-0.05, 0) is 19.2 Å². The number of rotatable bonds is 7. The van der Waals surface area contributed by atoms with E-state index in [1.165, 1.54) is 0 Å². The molecule has 7 nitrogen and oxygen atoms in total. The van der Waals surface area contributed by atoms with Crippen molar-refractivity contribution >= 4 is 15.8 Å². The maximum Gasteiger partial charge on any atom is 0.317 e. The van der Waals surface area contributed by atoms with Crippen LogP contribution in [0.1, 0.15) is 0 Å². The number of aliphatic carboxylic acids is 1. The van der Waals surface area contributed by atoms with E-state index in [-0.39, 0.29) is 18.3 Å². The van der Waals surface area contributed by atoms with Crippen molar-refractivity contribution in [3.63, 3.8) is 0 Å². The zero-order chi connectivity index (χ0) is 17.0. The van der Waals surface area contributed by atoms with Crippen LogP contribution in [0.5, 0.6) is 0 Å². The third kappa shape index (κ3) is 4.74. The predicted octanol–water partition coefficient (Wildman–Crippen LogP) is -0.478. The summed E-state index contributed by atoms with van der Waals surface area (Å²) < 4.78 is 24.5. The first-order valence-corrected chi connectivity index (χ1v) is 9.05. The fraction of sp³-hybridized carbons (Fsp3) is 0.533. The number of β-amino-alcohol motifs (C(OH)–C–C–N with tert-alkyl or cyclic N) is 1. The van der Waals surface area contributed by atoms with Crippen LogP contribution < -0.4 is 0 Å². The molecule has 1 fully saturated rings. The summed E-state index contributed by atoms with van der Waals surface area (Å²) >= 11 is 0. The van der Waals surface area contributed by atoms with Gasteiger partial charge >= 0.3 is 5.97 Å². The first-order chi connectivity index (χ1) is 10.8. The van der Waals surface area contributed by atoms with Gasteiger partial charge < -0.3 is 10.2 Å². The molecule has 2 N–H and O–H groups in total. The lowest BCUT2D eigenvalue weighted by Gasteiger charge is -2.24. The van der Waals surface area contributed by atoms with Crippen LogP contribution in [0.2, 0.25) is 0 Å². The van der Waals surface area contributed by atoms with E-state index in [2.05, 4.69) is 0 Å². The summed E-state index contributed by atoms with van der Waals surface area (Å²) in [4.78, 5) is 14.5. The first-order valence-electron chi connectivity index (χ1n) is 7.40. The molecule has 128 valence electrons. The van der Waals surface area contributed by atoms with Crippen molar-refractivity contribution in [1.29, 1.82) is 0 Å². The Balaban J connectivity index is 1.91. The van der Waals surface area contributed by atoms with Crippen molar-refractivity contribution in [1.82, 2.24) is 9.80 Å². The molecule has 0 spiro atoms. The summed E-state index contributed by atoms with van der Waals surface area (Å²) in [6.45, 7) is 0.956. The molecular formula is C15H22N2O5S. The molecule has 1 saturated heterocycles. The third-order valence-corrected chi connectivity index (χ3v) is 5.77. The van der Waals surface area contributed by atoms with Gasteiger partial charge in [0.25, 0.3) is 0 Å². The molecule has 0 bridgehead atoms. The second-order valence-corrected chi connectivity index (χ2v) is 7.94. The maximum atomic E-state index is 12.3. The SMILES string of the molecule is CN(CC(=O)O)[C@@H]1CN(CCS(=O)(=O)c2ccccc2)C[C@H]1O. The molecule has 23 heavy (non-hydrogen) atoms. The normalized spacial score (nSPS) is 22.6. The first kappa shape index (κ1) is 17.9. The van der Waals surface area contributed by atoms with E-state index in [1.807, 2.05) is 4.90 Å². The molecule has 0 amide bonds. The summed E-state index contributed by atoms with van der Waals surface area (Å²) in [7, 11) is -1.71. The molecule has 1 aliphatic rings. The predicted molar refractivity (Wildman–Crippen MR) is 85.0 cm³/mol. The molecule has 0 aromatic heterocycles. The highest BCUT2D eigenvalue weighted by Crippen LogP contribution is 2.16. The Labute approximate surface area is 136 Å². The molecule has 8 heteroatoms. The summed E-state index contributed by atoms with van der Waals surface area (Å²) in [5.74, 6) is -0.983. The molecule has 0 saturated carbocycles. The number of hydrogen-bond acceptors (Lipinski definition) is 6. The van der Waals surface area contributed by atoms with Crippen molar-refractivity contribution in [3.05, 3.63) is 30.3 Å². The highest BCUT2D eigenvalue weighted by atomic mass is 32.2. The number of carboxylic acid groups (broad SMARTS) is 1. The molecule has 2 rings (SSSR count). The molecule has 0 aliphatic carbocycles. The van der Waals surface area contributed by atoms with E-state index < -0.39 is 21.9 Å². The second kappa shape index (κ2) is 7.39. The van der Waals surface area contributed by atoms with Crippen molar-refractivity contribution in [2.24, 2.45) is 0 Å². The number of likely N-dealkylation sites (tertiary alicyclic amines) is 1. The van der Waals surface area contributed by atoms with Gasteiger partial charge in [-0.3, -0.25) is 14.6 Å². The highest BCUT2D eigenvalue weighted by Gasteiger charge is 2.35. The van der Waals surface area contributed by atoms with Gasteiger partial charge in [0.15, 0.2) is 9.84 Å². The largest absolute Gasteiger partial charge is 0.480 e. The van der Waals surface area contributed by atoms with E-state index >= 15 is 0 Å². The number of likely N-dealkylation sites (N-methyl/N-ethyl adjacent to an activating group) is 1. The molecule has 1 aliphatic heterocycles. The van der Waals surface area contributed by atoms with E-state index in [0.717, 1.165) is 0 Å². The Morgan fingerprint density at radius 2 is 1.96 bits per heavy atom. The summed E-state index contributed by atoms with van der Waals surface area (Å²) in [6, 6.07) is 7.96. The van der Waals surface area contributed by atoms with Gasteiger partial charge in [0.05, 0.1) is 23.3 Å². The number of carboxylic acids is 1. The Bertz CT molecular complexity index is 635. The minimum Gasteiger partial charge on any atom is -0.480 e. The standard InChI is InChI=1S/C15H22N2O5S/c1-16(11-15(19)20)13-9-17(10-14(13)18)7-8-23(21,22)12-5-3-2-4-6-12/h2-6,13-14,18H,7-11H2,1H3,(H,19,20)/t13-,14-/m1/s1. The lowest BCUT2D eigenvalue weighted by Crippen LogP contribution is -2.43. The number of hydrogen-bond donors (Lipinski definition) is 2. The van der Waals surface area contributed by atoms with Crippen LogP contribution in [0, 0.1) is 0 Å². The zero-order valence-corrected chi connectivity index (χ0v) is 13.8. The van der Waals surface area contributed by atoms with E-state index in [4.69, 9.17) is 5.11 Å². The number of benzene rings is 1. The molecule has 1 heterocycles. The van der Waals surface area contributed by atoms with Crippen molar-refractivity contribution in [3.8, 4) is 0 Å². The lowest BCUT2D eigenvalue weighted by molar-refractivity contribution is -0.138. The maximum absolute atomic E-state index is 12.3. The number of aliphatic hydroxyl groups excluding tert-OH is 1. The van der Waals surface area contributed by atoms with Crippen LogP contribution in [-0.2, 0) is 14.6 Å². The fourth-order valence-corrected chi connectivity index (χ4v) is 4.09. The van der Waals surface area contributed by atoms with Crippen molar-refractivity contribution in [2.75, 3.05) is 39.0 Å². The van der Waals surface area contributed by atoms with Gasteiger partial charge in [0, 0.05) is 25.7 Å². The Hall–Kier alpha value is -1.48. The van der Waals surface area contributed by atoms with Gasteiger partial charge in [0.2, 0.25) is 0 Å². The smallest absolute Gasteiger partial charge is 0.317 e. The highest BCUT2D eigenvalue weighted by molar-refractivity contribution is 7.91. The molecule has 0 radical (unpaired) electrons. The lowest BCUT2D eigenvalue weighted by atomic mass is 10.2. The van der Waals surface area contributed by atoms with Gasteiger partial charge in [-0.1, -0.05) is 18.2 Å². The molecule has 1 aromatic rings. The summed E-state index contributed by atoms with van der Waals surface area (Å²) in [5.41, 5.74) is 0. The monoisotopic (exact) mass is 342 g/mol. The Morgan fingerprint density at radius 3 is 2.57 bits per heavy atom. The molecule has 2 atom stereocenters. The summed E-state index contributed by atoms with van der Waals surface area (Å²) in [5, 5.41) is 18.9. The second-order valence-electron chi connectivity index (χ2n) is 5.84. The number of sulfone groups is 1. The van der Waals surface area contributed by atoms with Crippen LogP contribution in [0.25, 0.3) is 0 Å². The number of aliphatic hydroxyl groups is 1. The van der Waals surface area contributed by atoms with Crippen molar-refractivity contribution in [2.45, 2.75) is 17.0 Å². The van der Waals surface area contributed by atoms with Gasteiger partial charge in [-0.15, -0.1) is 0 Å². The fourth-order valence-electron chi connectivity index (χ4n) is 2.79. The zero-order valence-electron chi connectivity index (χ0n) is 13.0. The molecule has 0 unspecified atom stereocenters. The van der Waals surface area contributed by atoms with Crippen LogP contribution in [0.4, 0.5) is 0 Å². The van der Waals surface area contributed by atoms with E-state index in [0.29, 0.717) is 24.5 Å². The Morgan fingerprint density at radius 1 is 1.30 bits per heavy atom. The van der Waals surface area contributed by atoms with Crippen LogP contribution in [0.15, 0.2) is 35.2 Å². The van der Waals surface area contributed by atoms with Crippen LogP contribution in [0.3, 0.4) is 0 Å². The van der Waals surface area contributed by atoms with Crippen molar-refractivity contribution < 1.29 is 23.4 Å². The minimum absolute atomic E-state index is 0.0287. The van der Waals surface area contributed by atoms with E-state index in [9.17, 15) is 18.3 Å². The third-order valence-electron chi connectivity index (χ3n) is 4.06. The minimum atomic E-state index is -3.35. The number of nitrogens with zero attached hydrogens (tertiary/aromatic N) is 2. The van der Waals surface area contributed by atoms with Gasteiger partial charge in [-0.2, -0.15) is 0 Å². The average molecular weight is 342 g/mol. The summed E-state index contributed by atoms with van der Waals surface area (Å²) in [6.07, 6.45) is -0.682. The van der Waals surface area contributed by atoms with Crippen LogP contribution >= 0.6 is 0 Å². The topological polar surface area (TPSA) is 98.2 Å². The van der Waals surface area contributed by atoms with Gasteiger partial charge in [-0.25, -0.2) is 8.42 Å². The quantitative estimate of drug-likeness (QED) is 0.691. The van der Waals surface area contributed by atoms with Gasteiger partial charge in [0.1, 0.15) is 0 Å². The van der Waals surface area contributed by atoms with Crippen LogP contribution in [-0.4, -0.2) is 85.5 Å². The molecule has 1 aromatic carbocycles. The Kier molecular flexibility index (Phi) is 5.74. The average Bonchev–Trinajstić information content (AvgIpc) is 2.87. The number of carbonyl (C=O) groups is 1. The van der Waals surface area contributed by atoms with E-state index in [1.54, 1.807) is 42.3 Å². The molecular weight excluding hydrogens is 320 g/mol.